The molecular formula is C15H24O3Si. The molecule has 106 valence electrons. The molecule has 0 saturated carbocycles. The molecule has 0 spiro atoms. The van der Waals surface area contributed by atoms with Crippen LogP contribution in [0.5, 0.6) is 5.75 Å². The highest BCUT2D eigenvalue weighted by Crippen LogP contribution is 2.37. The van der Waals surface area contributed by atoms with Gasteiger partial charge in [0.1, 0.15) is 12.0 Å². The molecule has 0 bridgehead atoms. The van der Waals surface area contributed by atoms with Crippen LogP contribution in [0.3, 0.4) is 0 Å². The van der Waals surface area contributed by atoms with E-state index in [-0.39, 0.29) is 5.04 Å². The predicted molar refractivity (Wildman–Crippen MR) is 80.4 cm³/mol. The normalized spacial score (nSPS) is 12.3. The topological polar surface area (TPSA) is 35.5 Å². The molecule has 0 amide bonds. The Labute approximate surface area is 117 Å². The highest BCUT2D eigenvalue weighted by atomic mass is 28.4. The van der Waals surface area contributed by atoms with E-state index in [4.69, 9.17) is 9.16 Å². The van der Waals surface area contributed by atoms with Crippen LogP contribution in [0.1, 0.15) is 36.7 Å². The van der Waals surface area contributed by atoms with Crippen LogP contribution in [0.2, 0.25) is 18.1 Å². The number of rotatable bonds is 5. The molecule has 0 saturated heterocycles. The van der Waals surface area contributed by atoms with E-state index in [9.17, 15) is 4.79 Å². The van der Waals surface area contributed by atoms with Gasteiger partial charge in [-0.2, -0.15) is 0 Å². The fraction of sp³-hybridized carbons (Fsp3) is 0.533. The van der Waals surface area contributed by atoms with Crippen LogP contribution < -0.4 is 4.74 Å². The molecule has 1 rings (SSSR count). The standard InChI is InChI=1S/C15H24O3Si/c1-15(2,3)19(5,6)18-11-13-9-12(10-16)7-8-14(13)17-4/h7-10H,11H2,1-6H3. The molecule has 0 fully saturated rings. The monoisotopic (exact) mass is 280 g/mol. The van der Waals surface area contributed by atoms with Gasteiger partial charge >= 0.3 is 0 Å². The lowest BCUT2D eigenvalue weighted by Gasteiger charge is -2.36. The molecule has 0 atom stereocenters. The molecule has 1 aromatic rings. The molecule has 0 unspecified atom stereocenters. The summed E-state index contributed by atoms with van der Waals surface area (Å²) in [5.74, 6) is 0.768. The molecule has 1 aromatic carbocycles. The van der Waals surface area contributed by atoms with Gasteiger partial charge in [0.2, 0.25) is 0 Å². The van der Waals surface area contributed by atoms with Crippen LogP contribution in [0.25, 0.3) is 0 Å². The Morgan fingerprint density at radius 1 is 1.26 bits per heavy atom. The summed E-state index contributed by atoms with van der Waals surface area (Å²) in [6.07, 6.45) is 0.843. The van der Waals surface area contributed by atoms with Crippen molar-refractivity contribution in [1.82, 2.24) is 0 Å². The molecule has 19 heavy (non-hydrogen) atoms. The SMILES string of the molecule is COc1ccc(C=O)cc1CO[Si](C)(C)C(C)(C)C. The van der Waals surface area contributed by atoms with Gasteiger partial charge in [-0.05, 0) is 36.3 Å². The van der Waals surface area contributed by atoms with Crippen molar-refractivity contribution in [3.05, 3.63) is 29.3 Å². The third-order valence-corrected chi connectivity index (χ3v) is 8.31. The summed E-state index contributed by atoms with van der Waals surface area (Å²) in [6, 6.07) is 5.40. The van der Waals surface area contributed by atoms with E-state index in [1.54, 1.807) is 13.2 Å². The third kappa shape index (κ3) is 3.91. The molecule has 0 aliphatic rings. The maximum absolute atomic E-state index is 10.8. The molecular weight excluding hydrogens is 256 g/mol. The van der Waals surface area contributed by atoms with E-state index in [0.717, 1.165) is 17.6 Å². The Morgan fingerprint density at radius 2 is 1.89 bits per heavy atom. The Balaban J connectivity index is 2.90. The van der Waals surface area contributed by atoms with Crippen LogP contribution in [-0.4, -0.2) is 21.7 Å². The van der Waals surface area contributed by atoms with Gasteiger partial charge in [-0.15, -0.1) is 0 Å². The minimum absolute atomic E-state index is 0.169. The summed E-state index contributed by atoms with van der Waals surface area (Å²) in [7, 11) is -0.164. The number of aldehydes is 1. The minimum atomic E-state index is -1.79. The second-order valence-corrected chi connectivity index (χ2v) is 11.0. The number of ether oxygens (including phenoxy) is 1. The van der Waals surface area contributed by atoms with Crippen molar-refractivity contribution in [2.45, 2.75) is 45.5 Å². The maximum atomic E-state index is 10.8. The van der Waals surface area contributed by atoms with Gasteiger partial charge in [-0.3, -0.25) is 4.79 Å². The summed E-state index contributed by atoms with van der Waals surface area (Å²) >= 11 is 0. The summed E-state index contributed by atoms with van der Waals surface area (Å²) in [5.41, 5.74) is 1.58. The van der Waals surface area contributed by atoms with Crippen LogP contribution in [0.15, 0.2) is 18.2 Å². The highest BCUT2D eigenvalue weighted by molar-refractivity contribution is 6.74. The summed E-state index contributed by atoms with van der Waals surface area (Å²) < 4.78 is 11.5. The molecule has 0 aromatic heterocycles. The first kappa shape index (κ1) is 15.9. The summed E-state index contributed by atoms with van der Waals surface area (Å²) in [4.78, 5) is 10.8. The van der Waals surface area contributed by atoms with Crippen LogP contribution in [0, 0.1) is 0 Å². The van der Waals surface area contributed by atoms with E-state index in [1.807, 2.05) is 12.1 Å². The average molecular weight is 280 g/mol. The zero-order valence-corrected chi connectivity index (χ0v) is 13.7. The molecule has 0 aliphatic heterocycles. The van der Waals surface area contributed by atoms with E-state index in [1.165, 1.54) is 0 Å². The number of hydrogen-bond acceptors (Lipinski definition) is 3. The highest BCUT2D eigenvalue weighted by Gasteiger charge is 2.37. The molecule has 0 radical (unpaired) electrons. The first-order valence-electron chi connectivity index (χ1n) is 6.47. The van der Waals surface area contributed by atoms with Gasteiger partial charge in [0.15, 0.2) is 8.32 Å². The van der Waals surface area contributed by atoms with Crippen molar-refractivity contribution in [3.8, 4) is 5.75 Å². The van der Waals surface area contributed by atoms with Gasteiger partial charge in [0, 0.05) is 11.1 Å². The van der Waals surface area contributed by atoms with Crippen molar-refractivity contribution < 1.29 is 14.0 Å². The van der Waals surface area contributed by atoms with Gasteiger partial charge < -0.3 is 9.16 Å². The molecule has 0 heterocycles. The number of methoxy groups -OCH3 is 1. The smallest absolute Gasteiger partial charge is 0.192 e. The van der Waals surface area contributed by atoms with E-state index in [2.05, 4.69) is 33.9 Å². The second-order valence-electron chi connectivity index (χ2n) is 6.24. The third-order valence-electron chi connectivity index (χ3n) is 3.84. The quantitative estimate of drug-likeness (QED) is 0.603. The predicted octanol–water partition coefficient (Wildman–Crippen LogP) is 4.03. The summed E-state index contributed by atoms with van der Waals surface area (Å²) in [6.45, 7) is 11.5. The first-order chi connectivity index (χ1) is 8.71. The lowest BCUT2D eigenvalue weighted by molar-refractivity contribution is 0.112. The molecule has 0 N–H and O–H groups in total. The van der Waals surface area contributed by atoms with Crippen molar-refractivity contribution in [2.75, 3.05) is 7.11 Å². The minimum Gasteiger partial charge on any atom is -0.496 e. The number of benzene rings is 1. The largest absolute Gasteiger partial charge is 0.496 e. The summed E-state index contributed by atoms with van der Waals surface area (Å²) in [5, 5.41) is 0.169. The van der Waals surface area contributed by atoms with Gasteiger partial charge in [-0.1, -0.05) is 20.8 Å². The van der Waals surface area contributed by atoms with Gasteiger partial charge in [0.25, 0.3) is 0 Å². The number of carbonyl (C=O) groups excluding carboxylic acids is 1. The van der Waals surface area contributed by atoms with E-state index < -0.39 is 8.32 Å². The lowest BCUT2D eigenvalue weighted by Crippen LogP contribution is -2.40. The van der Waals surface area contributed by atoms with Crippen molar-refractivity contribution in [3.63, 3.8) is 0 Å². The first-order valence-corrected chi connectivity index (χ1v) is 9.38. The fourth-order valence-corrected chi connectivity index (χ4v) is 2.41. The molecule has 4 heteroatoms. The Kier molecular flexibility index (Phi) is 4.93. The van der Waals surface area contributed by atoms with Crippen molar-refractivity contribution in [1.29, 1.82) is 0 Å². The van der Waals surface area contributed by atoms with Crippen LogP contribution >= 0.6 is 0 Å². The van der Waals surface area contributed by atoms with Crippen molar-refractivity contribution >= 4 is 14.6 Å². The number of hydrogen-bond donors (Lipinski definition) is 0. The van der Waals surface area contributed by atoms with Crippen LogP contribution in [0.4, 0.5) is 0 Å². The zero-order chi connectivity index (χ0) is 14.7. The van der Waals surface area contributed by atoms with Gasteiger partial charge in [0.05, 0.1) is 13.7 Å². The zero-order valence-electron chi connectivity index (χ0n) is 12.7. The average Bonchev–Trinajstić information content (AvgIpc) is 2.34. The van der Waals surface area contributed by atoms with E-state index in [0.29, 0.717) is 12.2 Å². The molecule has 3 nitrogen and oxygen atoms in total. The van der Waals surface area contributed by atoms with Crippen LogP contribution in [-0.2, 0) is 11.0 Å². The van der Waals surface area contributed by atoms with Gasteiger partial charge in [-0.25, -0.2) is 0 Å². The Morgan fingerprint density at radius 3 is 2.37 bits per heavy atom. The maximum Gasteiger partial charge on any atom is 0.192 e. The Bertz CT molecular complexity index is 447. The number of carbonyl (C=O) groups is 1. The second kappa shape index (κ2) is 5.88. The molecule has 0 aliphatic carbocycles. The lowest BCUT2D eigenvalue weighted by atomic mass is 10.1. The fourth-order valence-electron chi connectivity index (χ4n) is 1.46. The van der Waals surface area contributed by atoms with Crippen molar-refractivity contribution in [2.24, 2.45) is 0 Å². The Hall–Kier alpha value is -1.13. The van der Waals surface area contributed by atoms with E-state index >= 15 is 0 Å².